The lowest BCUT2D eigenvalue weighted by Gasteiger charge is -2.17. The van der Waals surface area contributed by atoms with Gasteiger partial charge in [-0.25, -0.2) is 0 Å². The summed E-state index contributed by atoms with van der Waals surface area (Å²) in [6.07, 6.45) is 2.19. The van der Waals surface area contributed by atoms with E-state index in [1.54, 1.807) is 0 Å². The predicted octanol–water partition coefficient (Wildman–Crippen LogP) is 2.81. The van der Waals surface area contributed by atoms with Gasteiger partial charge in [0.1, 0.15) is 0 Å². The average molecular weight is 257 g/mol. The van der Waals surface area contributed by atoms with Crippen molar-refractivity contribution in [3.05, 3.63) is 11.7 Å². The Morgan fingerprint density at radius 3 is 2.76 bits per heavy atom. The fourth-order valence-electron chi connectivity index (χ4n) is 1.73. The molecule has 17 heavy (non-hydrogen) atoms. The van der Waals surface area contributed by atoms with Crippen LogP contribution in [0.2, 0.25) is 0 Å². The van der Waals surface area contributed by atoms with Crippen LogP contribution in [0, 0.1) is 0 Å². The number of aromatic nitrogens is 2. The number of rotatable bonds is 8. The van der Waals surface area contributed by atoms with Gasteiger partial charge in [-0.1, -0.05) is 19.0 Å². The Morgan fingerprint density at radius 2 is 2.18 bits per heavy atom. The highest BCUT2D eigenvalue weighted by Gasteiger charge is 2.22. The van der Waals surface area contributed by atoms with Crippen molar-refractivity contribution in [2.45, 2.75) is 51.3 Å². The summed E-state index contributed by atoms with van der Waals surface area (Å²) < 4.78 is 5.36. The Hall–Kier alpha value is -0.550. The van der Waals surface area contributed by atoms with Crippen molar-refractivity contribution < 1.29 is 4.52 Å². The third-order valence-electron chi connectivity index (χ3n) is 2.88. The minimum atomic E-state index is 0.303. The molecule has 0 spiro atoms. The van der Waals surface area contributed by atoms with Crippen LogP contribution in [0.1, 0.15) is 51.2 Å². The molecular weight excluding hydrogens is 234 g/mol. The molecule has 0 aliphatic rings. The molecule has 0 fully saturated rings. The normalized spacial score (nSPS) is 14.8. The maximum absolute atomic E-state index is 5.36. The molecule has 4 nitrogen and oxygen atoms in total. The number of nitrogens with one attached hydrogen (secondary N) is 1. The smallest absolute Gasteiger partial charge is 0.231 e. The number of likely N-dealkylation sites (N-methyl/N-ethyl adjacent to an activating group) is 1. The summed E-state index contributed by atoms with van der Waals surface area (Å²) in [5.41, 5.74) is 0. The third kappa shape index (κ3) is 4.32. The van der Waals surface area contributed by atoms with E-state index < -0.39 is 0 Å². The fourth-order valence-corrected chi connectivity index (χ4v) is 2.46. The van der Waals surface area contributed by atoms with Crippen LogP contribution in [0.25, 0.3) is 0 Å². The Bertz CT molecular complexity index is 316. The van der Waals surface area contributed by atoms with Crippen molar-refractivity contribution in [2.24, 2.45) is 0 Å². The summed E-state index contributed by atoms with van der Waals surface area (Å²) in [6, 6.07) is 0.358. The van der Waals surface area contributed by atoms with Crippen molar-refractivity contribution in [1.29, 1.82) is 0 Å². The van der Waals surface area contributed by atoms with Gasteiger partial charge in [-0.05, 0) is 32.6 Å². The topological polar surface area (TPSA) is 51.0 Å². The highest BCUT2D eigenvalue weighted by molar-refractivity contribution is 7.98. The largest absolute Gasteiger partial charge is 0.339 e. The molecule has 0 aliphatic heterocycles. The van der Waals surface area contributed by atoms with E-state index in [-0.39, 0.29) is 0 Å². The lowest BCUT2D eigenvalue weighted by Crippen LogP contribution is -2.28. The predicted molar refractivity (Wildman–Crippen MR) is 72.3 cm³/mol. The van der Waals surface area contributed by atoms with Gasteiger partial charge in [0, 0.05) is 6.04 Å². The van der Waals surface area contributed by atoms with E-state index in [1.165, 1.54) is 6.42 Å². The first-order valence-electron chi connectivity index (χ1n) is 6.30. The Kier molecular flexibility index (Phi) is 6.58. The van der Waals surface area contributed by atoms with Crippen LogP contribution in [0.4, 0.5) is 0 Å². The quantitative estimate of drug-likeness (QED) is 0.726. The summed E-state index contributed by atoms with van der Waals surface area (Å²) in [4.78, 5) is 4.48. The van der Waals surface area contributed by atoms with Gasteiger partial charge in [-0.2, -0.15) is 16.7 Å². The summed E-state index contributed by atoms with van der Waals surface area (Å²) >= 11 is 1.85. The van der Waals surface area contributed by atoms with Crippen LogP contribution in [0.5, 0.6) is 0 Å². The number of thioether (sulfide) groups is 1. The zero-order valence-corrected chi connectivity index (χ0v) is 12.0. The molecule has 1 N–H and O–H groups in total. The second-order valence-electron chi connectivity index (χ2n) is 4.19. The molecule has 98 valence electrons. The fraction of sp³-hybridized carbons (Fsp3) is 0.833. The van der Waals surface area contributed by atoms with Crippen LogP contribution in [0.15, 0.2) is 4.52 Å². The van der Waals surface area contributed by atoms with E-state index in [2.05, 4.69) is 36.2 Å². The molecule has 5 heteroatoms. The molecule has 2 atom stereocenters. The number of hydrogen-bond donors (Lipinski definition) is 1. The van der Waals surface area contributed by atoms with E-state index in [0.717, 1.165) is 29.6 Å². The first-order valence-corrected chi connectivity index (χ1v) is 7.45. The van der Waals surface area contributed by atoms with Crippen molar-refractivity contribution >= 4 is 11.8 Å². The van der Waals surface area contributed by atoms with Gasteiger partial charge in [0.25, 0.3) is 0 Å². The average Bonchev–Trinajstić information content (AvgIpc) is 2.79. The molecule has 0 aliphatic carbocycles. The zero-order valence-electron chi connectivity index (χ0n) is 11.2. The first-order chi connectivity index (χ1) is 8.22. The van der Waals surface area contributed by atoms with Crippen molar-refractivity contribution in [2.75, 3.05) is 12.8 Å². The lowest BCUT2D eigenvalue weighted by atomic mass is 9.98. The zero-order chi connectivity index (χ0) is 12.7. The summed E-state index contributed by atoms with van der Waals surface area (Å²) in [6.45, 7) is 6.47. The highest BCUT2D eigenvalue weighted by Crippen LogP contribution is 2.22. The Labute approximate surface area is 108 Å². The molecule has 0 saturated carbocycles. The van der Waals surface area contributed by atoms with Gasteiger partial charge in [0.15, 0.2) is 5.82 Å². The molecule has 0 saturated heterocycles. The van der Waals surface area contributed by atoms with Crippen LogP contribution in [-0.4, -0.2) is 29.0 Å². The highest BCUT2D eigenvalue weighted by atomic mass is 32.2. The molecule has 0 aromatic carbocycles. The second-order valence-corrected chi connectivity index (χ2v) is 5.30. The van der Waals surface area contributed by atoms with Gasteiger partial charge in [-0.3, -0.25) is 0 Å². The van der Waals surface area contributed by atoms with E-state index in [1.807, 2.05) is 18.8 Å². The second kappa shape index (κ2) is 7.71. The monoisotopic (exact) mass is 257 g/mol. The number of hydrogen-bond acceptors (Lipinski definition) is 5. The minimum absolute atomic E-state index is 0.303. The Balaban J connectivity index is 2.58. The molecule has 1 aromatic rings. The van der Waals surface area contributed by atoms with Gasteiger partial charge in [0.2, 0.25) is 5.89 Å². The Morgan fingerprint density at radius 1 is 1.41 bits per heavy atom. The van der Waals surface area contributed by atoms with E-state index >= 15 is 0 Å². The van der Waals surface area contributed by atoms with Crippen molar-refractivity contribution in [3.8, 4) is 0 Å². The van der Waals surface area contributed by atoms with Gasteiger partial charge < -0.3 is 9.84 Å². The van der Waals surface area contributed by atoms with Gasteiger partial charge in [-0.15, -0.1) is 0 Å². The molecular formula is C12H23N3OS. The molecule has 0 bridgehead atoms. The van der Waals surface area contributed by atoms with E-state index in [4.69, 9.17) is 4.52 Å². The summed E-state index contributed by atoms with van der Waals surface area (Å²) in [5, 5.41) is 7.28. The first kappa shape index (κ1) is 14.5. The maximum atomic E-state index is 5.36. The maximum Gasteiger partial charge on any atom is 0.231 e. The SMILES string of the molecule is CCCSCc1noc(C(CC)C(C)NC)n1. The molecule has 0 amide bonds. The van der Waals surface area contributed by atoms with Crippen LogP contribution < -0.4 is 5.32 Å². The minimum Gasteiger partial charge on any atom is -0.339 e. The molecule has 1 rings (SSSR count). The molecule has 2 unspecified atom stereocenters. The van der Waals surface area contributed by atoms with E-state index in [9.17, 15) is 0 Å². The lowest BCUT2D eigenvalue weighted by molar-refractivity contribution is 0.320. The standard InChI is InChI=1S/C12H23N3OS/c1-5-7-17-8-11-14-12(16-15-11)10(6-2)9(3)13-4/h9-10,13H,5-8H2,1-4H3. The summed E-state index contributed by atoms with van der Waals surface area (Å²) in [7, 11) is 1.96. The van der Waals surface area contributed by atoms with Crippen LogP contribution in [-0.2, 0) is 5.75 Å². The third-order valence-corrected chi connectivity index (χ3v) is 4.04. The van der Waals surface area contributed by atoms with Gasteiger partial charge in [0.05, 0.1) is 11.7 Å². The molecule has 1 heterocycles. The van der Waals surface area contributed by atoms with Crippen molar-refractivity contribution in [1.82, 2.24) is 15.5 Å². The number of nitrogens with zero attached hydrogens (tertiary/aromatic N) is 2. The molecule has 1 aromatic heterocycles. The van der Waals surface area contributed by atoms with E-state index in [0.29, 0.717) is 12.0 Å². The van der Waals surface area contributed by atoms with Crippen LogP contribution >= 0.6 is 11.8 Å². The summed E-state index contributed by atoms with van der Waals surface area (Å²) in [5.74, 6) is 3.88. The van der Waals surface area contributed by atoms with Crippen molar-refractivity contribution in [3.63, 3.8) is 0 Å². The van der Waals surface area contributed by atoms with Crippen LogP contribution in [0.3, 0.4) is 0 Å². The van der Waals surface area contributed by atoms with Gasteiger partial charge >= 0.3 is 0 Å². The molecule has 0 radical (unpaired) electrons.